The Balaban J connectivity index is 1.74. The van der Waals surface area contributed by atoms with Crippen LogP contribution in [0.5, 0.6) is 0 Å². The van der Waals surface area contributed by atoms with Crippen LogP contribution in [-0.2, 0) is 20.9 Å². The van der Waals surface area contributed by atoms with E-state index in [2.05, 4.69) is 4.98 Å². The Morgan fingerprint density at radius 2 is 2.16 bits per heavy atom. The molecule has 1 atom stereocenters. The van der Waals surface area contributed by atoms with Crippen LogP contribution in [0.2, 0.25) is 0 Å². The summed E-state index contributed by atoms with van der Waals surface area (Å²) in [7, 11) is 1.33. The molecule has 1 aliphatic rings. The molecule has 0 radical (unpaired) electrons. The standard InChI is InChI=1S/C18H21N3O4/c1-12-5-3-6-13-16(12)19-11-20(17(13)23)10-8-15(22)21-9-4-7-14(21)18(24)25-2/h3,5-6,11,14H,4,7-10H2,1-2H3. The zero-order chi connectivity index (χ0) is 18.0. The van der Waals surface area contributed by atoms with Crippen LogP contribution in [0.15, 0.2) is 29.3 Å². The number of aryl methyl sites for hydroxylation is 2. The largest absolute Gasteiger partial charge is 0.467 e. The minimum Gasteiger partial charge on any atom is -0.467 e. The van der Waals surface area contributed by atoms with Gasteiger partial charge in [-0.15, -0.1) is 0 Å². The lowest BCUT2D eigenvalue weighted by Crippen LogP contribution is -2.41. The molecular weight excluding hydrogens is 322 g/mol. The maximum absolute atomic E-state index is 12.6. The van der Waals surface area contributed by atoms with E-state index < -0.39 is 6.04 Å². The molecule has 132 valence electrons. The molecule has 2 aromatic rings. The van der Waals surface area contributed by atoms with E-state index in [1.165, 1.54) is 18.0 Å². The summed E-state index contributed by atoms with van der Waals surface area (Å²) in [4.78, 5) is 42.7. The fraction of sp³-hybridized carbons (Fsp3) is 0.444. The third kappa shape index (κ3) is 3.26. The molecular formula is C18H21N3O4. The second kappa shape index (κ2) is 7.04. The van der Waals surface area contributed by atoms with Gasteiger partial charge in [-0.1, -0.05) is 12.1 Å². The van der Waals surface area contributed by atoms with Crippen LogP contribution in [0.25, 0.3) is 10.9 Å². The van der Waals surface area contributed by atoms with E-state index in [9.17, 15) is 14.4 Å². The second-order valence-corrected chi connectivity index (χ2v) is 6.23. The van der Waals surface area contributed by atoms with Crippen molar-refractivity contribution in [3.63, 3.8) is 0 Å². The molecule has 1 aromatic heterocycles. The maximum atomic E-state index is 12.6. The van der Waals surface area contributed by atoms with Gasteiger partial charge in [0.05, 0.1) is 24.3 Å². The number of aromatic nitrogens is 2. The monoisotopic (exact) mass is 343 g/mol. The third-order valence-corrected chi connectivity index (χ3v) is 4.67. The smallest absolute Gasteiger partial charge is 0.328 e. The molecule has 0 bridgehead atoms. The molecule has 7 nitrogen and oxygen atoms in total. The highest BCUT2D eigenvalue weighted by molar-refractivity contribution is 5.85. The number of hydrogen-bond acceptors (Lipinski definition) is 5. The normalized spacial score (nSPS) is 17.0. The van der Waals surface area contributed by atoms with E-state index in [0.717, 1.165) is 12.0 Å². The van der Waals surface area contributed by atoms with Gasteiger partial charge in [0.2, 0.25) is 5.91 Å². The van der Waals surface area contributed by atoms with Gasteiger partial charge < -0.3 is 9.64 Å². The first-order valence-corrected chi connectivity index (χ1v) is 8.35. The fourth-order valence-electron chi connectivity index (χ4n) is 3.30. The minimum atomic E-state index is -0.508. The Kier molecular flexibility index (Phi) is 4.83. The molecule has 1 aromatic carbocycles. The van der Waals surface area contributed by atoms with Gasteiger partial charge in [-0.25, -0.2) is 9.78 Å². The molecule has 0 spiro atoms. The van der Waals surface area contributed by atoms with E-state index in [0.29, 0.717) is 23.9 Å². The molecule has 1 amide bonds. The summed E-state index contributed by atoms with van der Waals surface area (Å²) in [5.74, 6) is -0.532. The summed E-state index contributed by atoms with van der Waals surface area (Å²) in [5.41, 5.74) is 1.46. The lowest BCUT2D eigenvalue weighted by molar-refractivity contribution is -0.151. The van der Waals surface area contributed by atoms with Crippen LogP contribution >= 0.6 is 0 Å². The van der Waals surface area contributed by atoms with Gasteiger partial charge in [0.1, 0.15) is 6.04 Å². The number of benzene rings is 1. The minimum absolute atomic E-state index is 0.145. The number of esters is 1. The van der Waals surface area contributed by atoms with Gasteiger partial charge in [-0.3, -0.25) is 14.2 Å². The highest BCUT2D eigenvalue weighted by Crippen LogP contribution is 2.19. The molecule has 1 fully saturated rings. The van der Waals surface area contributed by atoms with Crippen LogP contribution < -0.4 is 5.56 Å². The van der Waals surface area contributed by atoms with Crippen molar-refractivity contribution in [3.05, 3.63) is 40.4 Å². The summed E-state index contributed by atoms with van der Waals surface area (Å²) in [5, 5.41) is 0.545. The van der Waals surface area contributed by atoms with E-state index in [1.807, 2.05) is 19.1 Å². The van der Waals surface area contributed by atoms with E-state index in [4.69, 9.17) is 4.74 Å². The molecule has 1 unspecified atom stereocenters. The van der Waals surface area contributed by atoms with Crippen LogP contribution in [0.1, 0.15) is 24.8 Å². The zero-order valence-electron chi connectivity index (χ0n) is 14.4. The SMILES string of the molecule is COC(=O)C1CCCN1C(=O)CCn1cnc2c(C)cccc2c1=O. The average Bonchev–Trinajstić information content (AvgIpc) is 3.11. The van der Waals surface area contributed by atoms with Gasteiger partial charge in [0, 0.05) is 19.5 Å². The predicted molar refractivity (Wildman–Crippen MR) is 92.1 cm³/mol. The number of carbonyl (C=O) groups excluding carboxylic acids is 2. The number of ether oxygens (including phenoxy) is 1. The van der Waals surface area contributed by atoms with Crippen molar-refractivity contribution in [1.29, 1.82) is 0 Å². The summed E-state index contributed by atoms with van der Waals surface area (Å²) in [6, 6.07) is 4.96. The number of likely N-dealkylation sites (tertiary alicyclic amines) is 1. The van der Waals surface area contributed by atoms with Gasteiger partial charge in [0.15, 0.2) is 0 Å². The van der Waals surface area contributed by atoms with Crippen LogP contribution in [0.4, 0.5) is 0 Å². The van der Waals surface area contributed by atoms with Crippen molar-refractivity contribution < 1.29 is 14.3 Å². The Bertz CT molecular complexity index is 874. The third-order valence-electron chi connectivity index (χ3n) is 4.67. The molecule has 0 aliphatic carbocycles. The second-order valence-electron chi connectivity index (χ2n) is 6.23. The Morgan fingerprint density at radius 1 is 1.36 bits per heavy atom. The number of amides is 1. The van der Waals surface area contributed by atoms with Crippen molar-refractivity contribution in [2.24, 2.45) is 0 Å². The predicted octanol–water partition coefficient (Wildman–Crippen LogP) is 1.26. The number of hydrogen-bond donors (Lipinski definition) is 0. The number of carbonyl (C=O) groups is 2. The molecule has 25 heavy (non-hydrogen) atoms. The lowest BCUT2D eigenvalue weighted by Gasteiger charge is -2.22. The fourth-order valence-corrected chi connectivity index (χ4v) is 3.30. The highest BCUT2D eigenvalue weighted by atomic mass is 16.5. The van der Waals surface area contributed by atoms with Crippen molar-refractivity contribution in [3.8, 4) is 0 Å². The molecule has 1 saturated heterocycles. The first kappa shape index (κ1) is 17.1. The molecule has 0 saturated carbocycles. The summed E-state index contributed by atoms with van der Waals surface area (Å²) >= 11 is 0. The van der Waals surface area contributed by atoms with Crippen molar-refractivity contribution >= 4 is 22.8 Å². The summed E-state index contributed by atoms with van der Waals surface area (Å²) in [6.07, 6.45) is 3.02. The maximum Gasteiger partial charge on any atom is 0.328 e. The van der Waals surface area contributed by atoms with E-state index in [1.54, 1.807) is 11.0 Å². The van der Waals surface area contributed by atoms with Crippen molar-refractivity contribution in [2.75, 3.05) is 13.7 Å². The van der Waals surface area contributed by atoms with Crippen LogP contribution in [-0.4, -0.2) is 46.0 Å². The average molecular weight is 343 g/mol. The number of rotatable bonds is 4. The van der Waals surface area contributed by atoms with Crippen LogP contribution in [0.3, 0.4) is 0 Å². The van der Waals surface area contributed by atoms with Crippen LogP contribution in [0, 0.1) is 6.92 Å². The molecule has 3 rings (SSSR count). The first-order valence-electron chi connectivity index (χ1n) is 8.35. The number of nitrogens with zero attached hydrogens (tertiary/aromatic N) is 3. The Morgan fingerprint density at radius 3 is 2.92 bits per heavy atom. The molecule has 0 N–H and O–H groups in total. The zero-order valence-corrected chi connectivity index (χ0v) is 14.4. The van der Waals surface area contributed by atoms with Gasteiger partial charge in [-0.2, -0.15) is 0 Å². The molecule has 7 heteroatoms. The number of para-hydroxylation sites is 1. The molecule has 2 heterocycles. The van der Waals surface area contributed by atoms with E-state index >= 15 is 0 Å². The Hall–Kier alpha value is -2.70. The van der Waals surface area contributed by atoms with Crippen molar-refractivity contribution in [2.45, 2.75) is 38.8 Å². The summed E-state index contributed by atoms with van der Waals surface area (Å²) < 4.78 is 6.21. The first-order chi connectivity index (χ1) is 12.0. The summed E-state index contributed by atoms with van der Waals surface area (Å²) in [6.45, 7) is 2.69. The number of methoxy groups -OCH3 is 1. The van der Waals surface area contributed by atoms with E-state index in [-0.39, 0.29) is 30.4 Å². The Labute approximate surface area is 145 Å². The van der Waals surface area contributed by atoms with Gasteiger partial charge in [0.25, 0.3) is 5.56 Å². The quantitative estimate of drug-likeness (QED) is 0.781. The van der Waals surface area contributed by atoms with Gasteiger partial charge in [-0.05, 0) is 31.4 Å². The molecule has 1 aliphatic heterocycles. The lowest BCUT2D eigenvalue weighted by atomic mass is 10.1. The topological polar surface area (TPSA) is 81.5 Å². The van der Waals surface area contributed by atoms with Crippen molar-refractivity contribution in [1.82, 2.24) is 14.5 Å². The highest BCUT2D eigenvalue weighted by Gasteiger charge is 2.34. The van der Waals surface area contributed by atoms with Gasteiger partial charge >= 0.3 is 5.97 Å². The number of fused-ring (bicyclic) bond motifs is 1.